The number of nitrogens with zero attached hydrogens (tertiary/aromatic N) is 1. The molecule has 0 fully saturated rings. The quantitative estimate of drug-likeness (QED) is 0.635. The second kappa shape index (κ2) is 6.54. The molecule has 0 aromatic heterocycles. The molecule has 5 nitrogen and oxygen atoms in total. The van der Waals surface area contributed by atoms with E-state index in [1.54, 1.807) is 14.2 Å². The van der Waals surface area contributed by atoms with E-state index < -0.39 is 15.6 Å². The summed E-state index contributed by atoms with van der Waals surface area (Å²) in [6.45, 7) is 4.58. The fraction of sp³-hybridized carbons (Fsp3) is 1.00. The highest BCUT2D eigenvalue weighted by Gasteiger charge is 2.33. The third-order valence-electron chi connectivity index (χ3n) is 3.13. The summed E-state index contributed by atoms with van der Waals surface area (Å²) >= 11 is 0. The first-order chi connectivity index (χ1) is 7.34. The predicted molar refractivity (Wildman–Crippen MR) is 65.8 cm³/mol. The standard InChI is InChI=1S/C10H24N2O3S/c1-5-10(2,9-11)12(3)16(13,14)8-6-7-15-4/h5-9,11H2,1-4H3. The lowest BCUT2D eigenvalue weighted by Crippen LogP contribution is -2.52. The smallest absolute Gasteiger partial charge is 0.214 e. The van der Waals surface area contributed by atoms with Gasteiger partial charge in [-0.3, -0.25) is 0 Å². The minimum Gasteiger partial charge on any atom is -0.385 e. The summed E-state index contributed by atoms with van der Waals surface area (Å²) in [5, 5.41) is 0. The molecule has 0 aliphatic carbocycles. The zero-order chi connectivity index (χ0) is 12.8. The molecule has 16 heavy (non-hydrogen) atoms. The molecule has 0 bridgehead atoms. The van der Waals surface area contributed by atoms with E-state index >= 15 is 0 Å². The minimum absolute atomic E-state index is 0.104. The van der Waals surface area contributed by atoms with Crippen molar-refractivity contribution in [3.05, 3.63) is 0 Å². The van der Waals surface area contributed by atoms with Crippen LogP contribution in [0.15, 0.2) is 0 Å². The molecule has 0 aliphatic rings. The van der Waals surface area contributed by atoms with Gasteiger partial charge in [0.25, 0.3) is 0 Å². The second-order valence-corrected chi connectivity index (χ2v) is 6.30. The Morgan fingerprint density at radius 2 is 2.00 bits per heavy atom. The topological polar surface area (TPSA) is 72.6 Å². The van der Waals surface area contributed by atoms with Crippen LogP contribution in [-0.2, 0) is 14.8 Å². The van der Waals surface area contributed by atoms with Crippen LogP contribution in [0.3, 0.4) is 0 Å². The van der Waals surface area contributed by atoms with E-state index in [1.807, 2.05) is 13.8 Å². The van der Waals surface area contributed by atoms with Gasteiger partial charge in [0.05, 0.1) is 5.75 Å². The number of rotatable bonds is 8. The molecular weight excluding hydrogens is 228 g/mol. The van der Waals surface area contributed by atoms with Crippen molar-refractivity contribution in [3.63, 3.8) is 0 Å². The van der Waals surface area contributed by atoms with Gasteiger partial charge in [-0.1, -0.05) is 6.92 Å². The highest BCUT2D eigenvalue weighted by molar-refractivity contribution is 7.89. The summed E-state index contributed by atoms with van der Waals surface area (Å²) in [7, 11) is -0.0835. The Morgan fingerprint density at radius 1 is 1.44 bits per heavy atom. The van der Waals surface area contributed by atoms with Crippen molar-refractivity contribution < 1.29 is 13.2 Å². The van der Waals surface area contributed by atoms with Crippen molar-refractivity contribution in [2.24, 2.45) is 5.73 Å². The van der Waals surface area contributed by atoms with E-state index in [0.29, 0.717) is 26.0 Å². The van der Waals surface area contributed by atoms with E-state index in [9.17, 15) is 8.42 Å². The molecule has 0 radical (unpaired) electrons. The van der Waals surface area contributed by atoms with Crippen LogP contribution in [0.2, 0.25) is 0 Å². The maximum absolute atomic E-state index is 12.0. The minimum atomic E-state index is -3.24. The van der Waals surface area contributed by atoms with Crippen LogP contribution in [0.25, 0.3) is 0 Å². The first-order valence-electron chi connectivity index (χ1n) is 5.49. The molecular formula is C10H24N2O3S. The summed E-state index contributed by atoms with van der Waals surface area (Å²) in [5.41, 5.74) is 5.15. The van der Waals surface area contributed by atoms with E-state index in [2.05, 4.69) is 0 Å². The molecule has 0 rings (SSSR count). The molecule has 0 spiro atoms. The summed E-state index contributed by atoms with van der Waals surface area (Å²) in [4.78, 5) is 0. The number of hydrogen-bond acceptors (Lipinski definition) is 4. The zero-order valence-corrected chi connectivity index (χ0v) is 11.5. The summed E-state index contributed by atoms with van der Waals surface area (Å²) in [5.74, 6) is 0.104. The second-order valence-electron chi connectivity index (χ2n) is 4.18. The predicted octanol–water partition coefficient (Wildman–Crippen LogP) is 0.412. The fourth-order valence-corrected chi connectivity index (χ4v) is 2.99. The largest absolute Gasteiger partial charge is 0.385 e. The van der Waals surface area contributed by atoms with E-state index in [-0.39, 0.29) is 5.75 Å². The van der Waals surface area contributed by atoms with Crippen molar-refractivity contribution in [2.45, 2.75) is 32.2 Å². The van der Waals surface area contributed by atoms with E-state index in [0.717, 1.165) is 0 Å². The highest BCUT2D eigenvalue weighted by Crippen LogP contribution is 2.20. The molecule has 0 saturated carbocycles. The molecule has 6 heteroatoms. The van der Waals surface area contributed by atoms with Crippen LogP contribution >= 0.6 is 0 Å². The maximum Gasteiger partial charge on any atom is 0.214 e. The molecule has 0 heterocycles. The maximum atomic E-state index is 12.0. The lowest BCUT2D eigenvalue weighted by molar-refractivity contribution is 0.197. The normalized spacial score (nSPS) is 16.4. The lowest BCUT2D eigenvalue weighted by Gasteiger charge is -2.36. The Kier molecular flexibility index (Phi) is 6.47. The number of sulfonamides is 1. The molecule has 1 atom stereocenters. The summed E-state index contributed by atoms with van der Waals surface area (Å²) in [6, 6.07) is 0. The lowest BCUT2D eigenvalue weighted by atomic mass is 10.00. The summed E-state index contributed by atoms with van der Waals surface area (Å²) in [6.07, 6.45) is 1.21. The third kappa shape index (κ3) is 4.01. The van der Waals surface area contributed by atoms with Gasteiger partial charge in [0.15, 0.2) is 0 Å². The van der Waals surface area contributed by atoms with Gasteiger partial charge in [-0.2, -0.15) is 4.31 Å². The molecule has 98 valence electrons. The molecule has 0 aromatic rings. The molecule has 2 N–H and O–H groups in total. The highest BCUT2D eigenvalue weighted by atomic mass is 32.2. The van der Waals surface area contributed by atoms with Crippen molar-refractivity contribution in [3.8, 4) is 0 Å². The number of nitrogens with two attached hydrogens (primary N) is 1. The van der Waals surface area contributed by atoms with Crippen LogP contribution < -0.4 is 5.73 Å². The number of methoxy groups -OCH3 is 1. The molecule has 1 unspecified atom stereocenters. The van der Waals surface area contributed by atoms with Gasteiger partial charge in [0.2, 0.25) is 10.0 Å². The fourth-order valence-electron chi connectivity index (χ4n) is 1.35. The Bertz CT molecular complexity index is 286. The number of likely N-dealkylation sites (N-methyl/N-ethyl adjacent to an activating group) is 1. The average molecular weight is 252 g/mol. The number of ether oxygens (including phenoxy) is 1. The van der Waals surface area contributed by atoms with E-state index in [1.165, 1.54) is 4.31 Å². The van der Waals surface area contributed by atoms with Crippen LogP contribution in [0.1, 0.15) is 26.7 Å². The average Bonchev–Trinajstić information content (AvgIpc) is 2.27. The Hall–Kier alpha value is -0.170. The van der Waals surface area contributed by atoms with Gasteiger partial charge < -0.3 is 10.5 Å². The van der Waals surface area contributed by atoms with Gasteiger partial charge in [-0.05, 0) is 19.8 Å². The summed E-state index contributed by atoms with van der Waals surface area (Å²) < 4.78 is 30.2. The van der Waals surface area contributed by atoms with Crippen molar-refractivity contribution in [2.75, 3.05) is 33.1 Å². The van der Waals surface area contributed by atoms with Gasteiger partial charge in [0, 0.05) is 32.8 Å². The van der Waals surface area contributed by atoms with Crippen LogP contribution in [0.4, 0.5) is 0 Å². The van der Waals surface area contributed by atoms with Crippen LogP contribution in [0.5, 0.6) is 0 Å². The SMILES string of the molecule is CCC(C)(CN)N(C)S(=O)(=O)CCCOC. The van der Waals surface area contributed by atoms with Gasteiger partial charge in [-0.15, -0.1) is 0 Å². The van der Waals surface area contributed by atoms with Crippen molar-refractivity contribution in [1.82, 2.24) is 4.31 Å². The van der Waals surface area contributed by atoms with Gasteiger partial charge in [0.1, 0.15) is 0 Å². The van der Waals surface area contributed by atoms with Crippen LogP contribution in [-0.4, -0.2) is 51.3 Å². The van der Waals surface area contributed by atoms with E-state index in [4.69, 9.17) is 10.5 Å². The first kappa shape index (κ1) is 15.8. The van der Waals surface area contributed by atoms with Gasteiger partial charge in [-0.25, -0.2) is 8.42 Å². The Morgan fingerprint density at radius 3 is 2.38 bits per heavy atom. The molecule has 0 saturated heterocycles. The molecule has 0 amide bonds. The number of hydrogen-bond donors (Lipinski definition) is 1. The van der Waals surface area contributed by atoms with Crippen molar-refractivity contribution >= 4 is 10.0 Å². The molecule has 0 aliphatic heterocycles. The first-order valence-corrected chi connectivity index (χ1v) is 7.10. The zero-order valence-electron chi connectivity index (χ0n) is 10.7. The Labute approximate surface area is 99.0 Å². The van der Waals surface area contributed by atoms with Crippen molar-refractivity contribution in [1.29, 1.82) is 0 Å². The van der Waals surface area contributed by atoms with Crippen LogP contribution in [0, 0.1) is 0 Å². The molecule has 0 aromatic carbocycles. The third-order valence-corrected chi connectivity index (χ3v) is 5.21. The monoisotopic (exact) mass is 252 g/mol. The van der Waals surface area contributed by atoms with Gasteiger partial charge >= 0.3 is 0 Å². The Balaban J connectivity index is 4.62.